The summed E-state index contributed by atoms with van der Waals surface area (Å²) in [5.41, 5.74) is 2.01. The Morgan fingerprint density at radius 1 is 1.42 bits per heavy atom. The monoisotopic (exact) mass is 259 g/mol. The molecule has 1 fully saturated rings. The molecule has 0 unspecified atom stereocenters. The zero-order valence-electron chi connectivity index (χ0n) is 11.1. The molecule has 1 saturated heterocycles. The van der Waals surface area contributed by atoms with Crippen molar-refractivity contribution in [1.82, 2.24) is 15.5 Å². The molecule has 2 heterocycles. The third-order valence-corrected chi connectivity index (χ3v) is 3.40. The Morgan fingerprint density at radius 3 is 2.95 bits per heavy atom. The average molecular weight is 259 g/mol. The SMILES string of the molecule is COc1cc(C)ccc1-c1noc(CC2CNC2)n1. The smallest absolute Gasteiger partial charge is 0.227 e. The van der Waals surface area contributed by atoms with E-state index in [1.54, 1.807) is 7.11 Å². The highest BCUT2D eigenvalue weighted by Crippen LogP contribution is 2.29. The molecule has 5 heteroatoms. The van der Waals surface area contributed by atoms with Crippen LogP contribution in [0.3, 0.4) is 0 Å². The van der Waals surface area contributed by atoms with Gasteiger partial charge in [0.2, 0.25) is 11.7 Å². The largest absolute Gasteiger partial charge is 0.496 e. The molecule has 2 aromatic rings. The first kappa shape index (κ1) is 12.2. The van der Waals surface area contributed by atoms with Gasteiger partial charge in [-0.25, -0.2) is 0 Å². The molecule has 0 radical (unpaired) electrons. The molecule has 1 aliphatic rings. The number of aromatic nitrogens is 2. The number of rotatable bonds is 4. The van der Waals surface area contributed by atoms with Crippen LogP contribution in [0.15, 0.2) is 22.7 Å². The van der Waals surface area contributed by atoms with E-state index in [-0.39, 0.29) is 0 Å². The number of nitrogens with one attached hydrogen (secondary N) is 1. The number of aryl methyl sites for hydroxylation is 1. The Balaban J connectivity index is 1.85. The van der Waals surface area contributed by atoms with Crippen LogP contribution >= 0.6 is 0 Å². The van der Waals surface area contributed by atoms with Crippen molar-refractivity contribution in [3.8, 4) is 17.1 Å². The molecule has 100 valence electrons. The second-order valence-electron chi connectivity index (χ2n) is 4.94. The maximum Gasteiger partial charge on any atom is 0.227 e. The van der Waals surface area contributed by atoms with Crippen molar-refractivity contribution < 1.29 is 9.26 Å². The second kappa shape index (κ2) is 5.01. The predicted molar refractivity (Wildman–Crippen MR) is 71.1 cm³/mol. The lowest BCUT2D eigenvalue weighted by molar-refractivity contribution is 0.296. The molecular formula is C14H17N3O2. The van der Waals surface area contributed by atoms with Gasteiger partial charge in [0.15, 0.2) is 0 Å². The van der Waals surface area contributed by atoms with E-state index in [1.807, 2.05) is 25.1 Å². The van der Waals surface area contributed by atoms with Crippen molar-refractivity contribution in [3.05, 3.63) is 29.7 Å². The Bertz CT molecular complexity index is 576. The molecule has 0 amide bonds. The highest BCUT2D eigenvalue weighted by atomic mass is 16.5. The summed E-state index contributed by atoms with van der Waals surface area (Å²) in [5, 5.41) is 7.28. The third kappa shape index (κ3) is 2.46. The molecule has 1 N–H and O–H groups in total. The highest BCUT2D eigenvalue weighted by Gasteiger charge is 2.21. The summed E-state index contributed by atoms with van der Waals surface area (Å²) in [6, 6.07) is 5.96. The maximum absolute atomic E-state index is 5.37. The van der Waals surface area contributed by atoms with E-state index >= 15 is 0 Å². The van der Waals surface area contributed by atoms with Crippen molar-refractivity contribution in [1.29, 1.82) is 0 Å². The van der Waals surface area contributed by atoms with Crippen LogP contribution in [0.4, 0.5) is 0 Å². The molecule has 1 aromatic heterocycles. The topological polar surface area (TPSA) is 60.2 Å². The standard InChI is InChI=1S/C14H17N3O2/c1-9-3-4-11(12(5-9)18-2)14-16-13(19-17-14)6-10-7-15-8-10/h3-5,10,15H,6-8H2,1-2H3. The van der Waals surface area contributed by atoms with Gasteiger partial charge in [0.05, 0.1) is 12.7 Å². The highest BCUT2D eigenvalue weighted by molar-refractivity contribution is 5.64. The number of nitrogens with zero attached hydrogens (tertiary/aromatic N) is 2. The molecule has 1 aromatic carbocycles. The van der Waals surface area contributed by atoms with Crippen LogP contribution in [-0.2, 0) is 6.42 Å². The van der Waals surface area contributed by atoms with E-state index in [0.29, 0.717) is 17.6 Å². The van der Waals surface area contributed by atoms with E-state index in [0.717, 1.165) is 36.4 Å². The summed E-state index contributed by atoms with van der Waals surface area (Å²) in [4.78, 5) is 4.46. The Kier molecular flexibility index (Phi) is 3.21. The van der Waals surface area contributed by atoms with Gasteiger partial charge in [-0.3, -0.25) is 0 Å². The third-order valence-electron chi connectivity index (χ3n) is 3.40. The number of hydrogen-bond acceptors (Lipinski definition) is 5. The molecule has 0 saturated carbocycles. The number of benzene rings is 1. The van der Waals surface area contributed by atoms with Crippen molar-refractivity contribution in [2.75, 3.05) is 20.2 Å². The normalized spacial score (nSPS) is 15.3. The first-order valence-corrected chi connectivity index (χ1v) is 6.44. The minimum Gasteiger partial charge on any atom is -0.496 e. The van der Waals surface area contributed by atoms with E-state index in [4.69, 9.17) is 9.26 Å². The zero-order chi connectivity index (χ0) is 13.2. The van der Waals surface area contributed by atoms with Crippen molar-refractivity contribution in [2.24, 2.45) is 5.92 Å². The lowest BCUT2D eigenvalue weighted by Crippen LogP contribution is -2.43. The average Bonchev–Trinajstić information content (AvgIpc) is 2.82. The molecule has 0 atom stereocenters. The fourth-order valence-corrected chi connectivity index (χ4v) is 2.17. The maximum atomic E-state index is 5.37. The second-order valence-corrected chi connectivity index (χ2v) is 4.94. The van der Waals surface area contributed by atoms with Crippen LogP contribution in [0.5, 0.6) is 5.75 Å². The molecule has 5 nitrogen and oxygen atoms in total. The van der Waals surface area contributed by atoms with Gasteiger partial charge in [0.25, 0.3) is 0 Å². The molecule has 0 bridgehead atoms. The summed E-state index contributed by atoms with van der Waals surface area (Å²) in [6.07, 6.45) is 0.841. The number of methoxy groups -OCH3 is 1. The summed E-state index contributed by atoms with van der Waals surface area (Å²) in [7, 11) is 1.65. The van der Waals surface area contributed by atoms with Crippen molar-refractivity contribution in [2.45, 2.75) is 13.3 Å². The molecule has 3 rings (SSSR count). The van der Waals surface area contributed by atoms with Gasteiger partial charge in [0, 0.05) is 6.42 Å². The van der Waals surface area contributed by atoms with Gasteiger partial charge < -0.3 is 14.6 Å². The first-order valence-electron chi connectivity index (χ1n) is 6.44. The molecular weight excluding hydrogens is 242 g/mol. The van der Waals surface area contributed by atoms with Gasteiger partial charge in [-0.2, -0.15) is 4.98 Å². The Morgan fingerprint density at radius 2 is 2.26 bits per heavy atom. The Hall–Kier alpha value is -1.88. The van der Waals surface area contributed by atoms with E-state index in [9.17, 15) is 0 Å². The fraction of sp³-hybridized carbons (Fsp3) is 0.429. The molecule has 1 aliphatic heterocycles. The molecule has 0 spiro atoms. The predicted octanol–water partition coefficient (Wildman–Crippen LogP) is 1.82. The minimum atomic E-state index is 0.596. The Labute approximate surface area is 112 Å². The fourth-order valence-electron chi connectivity index (χ4n) is 2.17. The van der Waals surface area contributed by atoms with Gasteiger partial charge in [-0.05, 0) is 43.6 Å². The van der Waals surface area contributed by atoms with Gasteiger partial charge in [-0.1, -0.05) is 11.2 Å². The van der Waals surface area contributed by atoms with Crippen LogP contribution in [0, 0.1) is 12.8 Å². The van der Waals surface area contributed by atoms with Crippen molar-refractivity contribution >= 4 is 0 Å². The van der Waals surface area contributed by atoms with Gasteiger partial charge in [-0.15, -0.1) is 0 Å². The summed E-state index contributed by atoms with van der Waals surface area (Å²) in [6.45, 7) is 4.09. The van der Waals surface area contributed by atoms with Crippen LogP contribution in [-0.4, -0.2) is 30.3 Å². The van der Waals surface area contributed by atoms with E-state index in [2.05, 4.69) is 15.5 Å². The first-order chi connectivity index (χ1) is 9.26. The van der Waals surface area contributed by atoms with E-state index in [1.165, 1.54) is 0 Å². The number of hydrogen-bond donors (Lipinski definition) is 1. The summed E-state index contributed by atoms with van der Waals surface area (Å²) >= 11 is 0. The van der Waals surface area contributed by atoms with Crippen molar-refractivity contribution in [3.63, 3.8) is 0 Å². The quantitative estimate of drug-likeness (QED) is 0.907. The van der Waals surface area contributed by atoms with Crippen LogP contribution in [0.1, 0.15) is 11.5 Å². The summed E-state index contributed by atoms with van der Waals surface area (Å²) < 4.78 is 10.7. The molecule has 0 aliphatic carbocycles. The van der Waals surface area contributed by atoms with Gasteiger partial charge in [0.1, 0.15) is 5.75 Å². The summed E-state index contributed by atoms with van der Waals surface area (Å²) in [5.74, 6) is 2.69. The minimum absolute atomic E-state index is 0.596. The van der Waals surface area contributed by atoms with Crippen LogP contribution in [0.2, 0.25) is 0 Å². The van der Waals surface area contributed by atoms with Crippen LogP contribution in [0.25, 0.3) is 11.4 Å². The molecule has 19 heavy (non-hydrogen) atoms. The van der Waals surface area contributed by atoms with E-state index < -0.39 is 0 Å². The van der Waals surface area contributed by atoms with Gasteiger partial charge >= 0.3 is 0 Å². The zero-order valence-corrected chi connectivity index (χ0v) is 11.1. The number of ether oxygens (including phenoxy) is 1. The van der Waals surface area contributed by atoms with Crippen LogP contribution < -0.4 is 10.1 Å². The lowest BCUT2D eigenvalue weighted by Gasteiger charge is -2.25. The lowest BCUT2D eigenvalue weighted by atomic mass is 10.00.